The van der Waals surface area contributed by atoms with Gasteiger partial charge in [0.25, 0.3) is 0 Å². The Hall–Kier alpha value is -8.66. The van der Waals surface area contributed by atoms with E-state index in [0.29, 0.717) is 19.3 Å². The van der Waals surface area contributed by atoms with Crippen molar-refractivity contribution in [3.05, 3.63) is 35.9 Å². The molecule has 1 fully saturated rings. The number of nitrogens with two attached hydrogens (primary N) is 3. The van der Waals surface area contributed by atoms with Crippen molar-refractivity contribution in [3.63, 3.8) is 0 Å². The highest BCUT2D eigenvalue weighted by Gasteiger charge is 2.42. The number of carbonyl (C=O) groups is 14. The Morgan fingerprint density at radius 2 is 0.971 bits per heavy atom. The molecule has 1 aliphatic heterocycles. The molecule has 0 bridgehead atoms. The van der Waals surface area contributed by atoms with E-state index < -0.39 is 193 Å². The second-order valence-electron chi connectivity index (χ2n) is 29.1. The van der Waals surface area contributed by atoms with Crippen molar-refractivity contribution in [3.8, 4) is 0 Å². The van der Waals surface area contributed by atoms with Gasteiger partial charge in [0.15, 0.2) is 5.96 Å². The van der Waals surface area contributed by atoms with E-state index >= 15 is 0 Å². The van der Waals surface area contributed by atoms with Crippen LogP contribution in [-0.4, -0.2) is 215 Å². The highest BCUT2D eigenvalue weighted by atomic mass is 32.1. The van der Waals surface area contributed by atoms with Crippen molar-refractivity contribution in [2.75, 3.05) is 38.5 Å². The van der Waals surface area contributed by atoms with Crippen LogP contribution < -0.4 is 81.0 Å². The number of carboxylic acids is 1. The number of guanidine groups is 1. The second-order valence-corrected chi connectivity index (χ2v) is 29.5. The molecule has 14 atom stereocenters. The topological polar surface area (TPSA) is 517 Å². The van der Waals surface area contributed by atoms with Gasteiger partial charge in [-0.2, -0.15) is 12.6 Å². The van der Waals surface area contributed by atoms with E-state index in [4.69, 9.17) is 17.2 Å². The lowest BCUT2D eigenvalue weighted by Gasteiger charge is -2.32. The summed E-state index contributed by atoms with van der Waals surface area (Å²) in [4.78, 5) is 198. The lowest BCUT2D eigenvalue weighted by atomic mass is 9.96. The zero-order valence-corrected chi connectivity index (χ0v) is 64.5. The van der Waals surface area contributed by atoms with Crippen molar-refractivity contribution in [2.24, 2.45) is 63.6 Å². The van der Waals surface area contributed by atoms with Gasteiger partial charge >= 0.3 is 5.97 Å². The van der Waals surface area contributed by atoms with Crippen LogP contribution in [0.1, 0.15) is 167 Å². The van der Waals surface area contributed by atoms with Gasteiger partial charge in [0, 0.05) is 25.3 Å². The summed E-state index contributed by atoms with van der Waals surface area (Å²) in [6.07, 6.45) is 1.94. The van der Waals surface area contributed by atoms with Crippen LogP contribution in [0.2, 0.25) is 0 Å². The number of hydrogen-bond donors (Lipinski definition) is 18. The van der Waals surface area contributed by atoms with E-state index in [1.807, 2.05) is 27.7 Å². The molecule has 34 heteroatoms. The van der Waals surface area contributed by atoms with Gasteiger partial charge in [0.05, 0.1) is 25.7 Å². The summed E-state index contributed by atoms with van der Waals surface area (Å²) >= 11 is 4.13. The number of thiol groups is 1. The van der Waals surface area contributed by atoms with Gasteiger partial charge in [-0.3, -0.25) is 67.3 Å². The molecule has 0 radical (unpaired) electrons. The lowest BCUT2D eigenvalue weighted by molar-refractivity contribution is -0.143. The number of benzene rings is 1. The van der Waals surface area contributed by atoms with E-state index in [0.717, 1.165) is 5.56 Å². The predicted molar refractivity (Wildman–Crippen MR) is 398 cm³/mol. The Morgan fingerprint density at radius 3 is 1.50 bits per heavy atom. The molecule has 1 aromatic carbocycles. The molecule has 0 spiro atoms. The van der Waals surface area contributed by atoms with Crippen LogP contribution in [0, 0.1) is 41.4 Å². The van der Waals surface area contributed by atoms with Crippen molar-refractivity contribution < 1.29 is 77.3 Å². The van der Waals surface area contributed by atoms with E-state index in [9.17, 15) is 77.3 Å². The predicted octanol–water partition coefficient (Wildman–Crippen LogP) is -1.38. The van der Waals surface area contributed by atoms with Crippen molar-refractivity contribution in [2.45, 2.75) is 240 Å². The number of hydrogen-bond acceptors (Lipinski definition) is 18. The minimum Gasteiger partial charge on any atom is -0.480 e. The smallest absolute Gasteiger partial charge is 0.326 e. The minimum absolute atomic E-state index is 0.00669. The number of aliphatic carboxylic acids is 1. The molecule has 0 aliphatic carbocycles. The summed E-state index contributed by atoms with van der Waals surface area (Å²) in [7, 11) is 0. The Bertz CT molecular complexity index is 3080. The first-order valence-corrected chi connectivity index (χ1v) is 37.1. The molecule has 1 saturated heterocycles. The number of likely N-dealkylation sites (tertiary alicyclic amines) is 1. The molecule has 0 unspecified atom stereocenters. The van der Waals surface area contributed by atoms with Crippen molar-refractivity contribution >= 4 is 101 Å². The molecule has 0 saturated carbocycles. The van der Waals surface area contributed by atoms with Crippen molar-refractivity contribution in [1.82, 2.24) is 68.7 Å². The molecule has 20 N–H and O–H groups in total. The molecule has 33 nitrogen and oxygen atoms in total. The van der Waals surface area contributed by atoms with E-state index in [1.165, 1.54) is 4.90 Å². The first-order valence-electron chi connectivity index (χ1n) is 36.5. The highest BCUT2D eigenvalue weighted by Crippen LogP contribution is 2.23. The van der Waals surface area contributed by atoms with Gasteiger partial charge in [0.1, 0.15) is 66.5 Å². The molecule has 2 rings (SSSR count). The van der Waals surface area contributed by atoms with Crippen LogP contribution >= 0.6 is 12.6 Å². The number of rotatable bonds is 47. The number of aliphatic imine (C=N–C) groups is 1. The minimum atomic E-state index is -1.65. The number of amides is 13. The molecule has 1 aliphatic rings. The standard InChI is InChI=1S/C71H121N17O16S/c1-15-42(13)57(87-64(97)48(29-38(5)6)80-65(98)53-25-21-27-88(53)69(102)50(30-39(7)8)82-63(96)49(79-59(92)45(72)36-105)32-44-22-18-17-19-23-44)66(99)77-33-54(90)78-46(24-20-26-75-71(73)74)61(94)86-56(41(11)12)67(100)81-47(28-37(3)4)62(95)84-52(35-89)60(93)76-34-55(91)85-58(43(14)16-2)68(101)83-51(70(103)104)31-40(9)10/h17-19,22-23,37-43,45-53,56-58,89,105H,15-16,20-21,24-36,72H2,1-14H3,(H,76,93)(H,77,99)(H,78,90)(H,79,92)(H,80,98)(H,81,100)(H,82,96)(H,83,101)(H,84,95)(H,85,91)(H,86,94)(H,87,97)(H,103,104)(H4,73,74,75)/t42-,43-,45-,46-,47-,48-,49-,50-,51-,52-,53-,56-,57-,58-/m0/s1. The van der Waals surface area contributed by atoms with Gasteiger partial charge in [-0.05, 0) is 98.4 Å². The summed E-state index contributed by atoms with van der Waals surface area (Å²) in [6.45, 7) is 22.4. The van der Waals surface area contributed by atoms with Gasteiger partial charge in [0.2, 0.25) is 76.8 Å². The molecule has 1 aromatic rings. The normalized spacial score (nSPS) is 16.6. The van der Waals surface area contributed by atoms with Gasteiger partial charge in [-0.25, -0.2) is 4.79 Å². The van der Waals surface area contributed by atoms with Crippen LogP contribution in [-0.2, 0) is 73.5 Å². The van der Waals surface area contributed by atoms with Crippen LogP contribution in [0.3, 0.4) is 0 Å². The number of aliphatic hydroxyl groups excluding tert-OH is 1. The summed E-state index contributed by atoms with van der Waals surface area (Å²) in [5, 5.41) is 51.2. The SMILES string of the molecule is CC[C@H](C)[C@H](NC(=O)CNC(=O)[C@H](CO)NC(=O)[C@H](CC(C)C)NC(=O)[C@@H](NC(=O)[C@H](CCCN=C(N)N)NC(=O)CNC(=O)[C@@H](NC(=O)[C@H](CC(C)C)NC(=O)[C@@H]1CCCN1C(=O)[C@H](CC(C)C)NC(=O)[C@H](Cc1ccccc1)NC(=O)[C@@H](N)CS)[C@@H](C)CC)C(C)C)C(=O)N[C@@H](CC(C)C)C(=O)O. The molecule has 1 heterocycles. The van der Waals surface area contributed by atoms with Crippen LogP contribution in [0.4, 0.5) is 0 Å². The Labute approximate surface area is 622 Å². The average Bonchev–Trinajstić information content (AvgIpc) is 1.69. The molecular formula is C71H121N17O16S. The molecule has 0 aromatic heterocycles. The number of nitrogens with one attached hydrogen (secondary N) is 12. The van der Waals surface area contributed by atoms with Crippen LogP contribution in [0.5, 0.6) is 0 Å². The van der Waals surface area contributed by atoms with E-state index in [1.54, 1.807) is 99.6 Å². The third kappa shape index (κ3) is 33.1. The summed E-state index contributed by atoms with van der Waals surface area (Å²) in [5.74, 6) is -13.8. The third-order valence-corrected chi connectivity index (χ3v) is 18.1. The fourth-order valence-corrected chi connectivity index (χ4v) is 11.7. The monoisotopic (exact) mass is 1500 g/mol. The Morgan fingerprint density at radius 1 is 0.524 bits per heavy atom. The first-order chi connectivity index (χ1) is 49.3. The molecule has 592 valence electrons. The fraction of sp³-hybridized carbons (Fsp3) is 0.704. The summed E-state index contributed by atoms with van der Waals surface area (Å²) in [6, 6.07) is -5.98. The zero-order valence-electron chi connectivity index (χ0n) is 63.6. The maximum Gasteiger partial charge on any atom is 0.326 e. The molecule has 13 amide bonds. The van der Waals surface area contributed by atoms with Crippen molar-refractivity contribution in [1.29, 1.82) is 0 Å². The van der Waals surface area contributed by atoms with Crippen LogP contribution in [0.15, 0.2) is 35.3 Å². The molecular weight excluding hydrogens is 1380 g/mol. The summed E-state index contributed by atoms with van der Waals surface area (Å²) in [5.41, 5.74) is 17.8. The van der Waals surface area contributed by atoms with E-state index in [-0.39, 0.29) is 99.8 Å². The average molecular weight is 1500 g/mol. The van der Waals surface area contributed by atoms with Gasteiger partial charge in [-0.1, -0.05) is 140 Å². The van der Waals surface area contributed by atoms with Gasteiger partial charge in [-0.15, -0.1) is 0 Å². The maximum absolute atomic E-state index is 14.6. The van der Waals surface area contributed by atoms with E-state index in [2.05, 4.69) is 81.4 Å². The number of carboxylic acid groups (broad SMARTS) is 1. The summed E-state index contributed by atoms with van der Waals surface area (Å²) < 4.78 is 0. The Kier molecular flexibility index (Phi) is 41.4. The number of carbonyl (C=O) groups excluding carboxylic acids is 13. The maximum atomic E-state index is 14.6. The van der Waals surface area contributed by atoms with Gasteiger partial charge < -0.3 is 96.1 Å². The first kappa shape index (κ1) is 92.4. The lowest BCUT2D eigenvalue weighted by Crippen LogP contribution is -2.61. The Balaban J connectivity index is 2.31. The second kappa shape index (κ2) is 47.0. The highest BCUT2D eigenvalue weighted by molar-refractivity contribution is 7.80. The van der Waals surface area contributed by atoms with Crippen LogP contribution in [0.25, 0.3) is 0 Å². The third-order valence-electron chi connectivity index (χ3n) is 17.7. The number of nitrogens with zero attached hydrogens (tertiary/aromatic N) is 2. The zero-order chi connectivity index (χ0) is 79.5. The fourth-order valence-electron chi connectivity index (χ4n) is 11.5. The molecule has 105 heavy (non-hydrogen) atoms. The largest absolute Gasteiger partial charge is 0.480 e. The quantitative estimate of drug-likeness (QED) is 0.0155. The number of aliphatic hydroxyl groups is 1.